The number of nitrogens with one attached hydrogen (secondary N) is 2. The second kappa shape index (κ2) is 7.63. The molecule has 0 bridgehead atoms. The Hall–Kier alpha value is -2.27. The summed E-state index contributed by atoms with van der Waals surface area (Å²) in [5, 5.41) is 3.25. The predicted molar refractivity (Wildman–Crippen MR) is 103 cm³/mol. The second-order valence-corrected chi connectivity index (χ2v) is 8.59. The van der Waals surface area contributed by atoms with Gasteiger partial charge in [0.2, 0.25) is 16.0 Å². The Labute approximate surface area is 163 Å². The van der Waals surface area contributed by atoms with Gasteiger partial charge in [0.25, 0.3) is 0 Å². The van der Waals surface area contributed by atoms with Gasteiger partial charge in [-0.1, -0.05) is 12.1 Å². The van der Waals surface area contributed by atoms with E-state index in [9.17, 15) is 8.42 Å². The highest BCUT2D eigenvalue weighted by Crippen LogP contribution is 2.31. The number of aromatic nitrogens is 2. The second-order valence-electron chi connectivity index (χ2n) is 6.81. The summed E-state index contributed by atoms with van der Waals surface area (Å²) in [5.74, 6) is 1.17. The molecule has 0 amide bonds. The number of methoxy groups -OCH3 is 1. The van der Waals surface area contributed by atoms with Crippen molar-refractivity contribution in [1.82, 2.24) is 14.7 Å². The fourth-order valence-corrected chi connectivity index (χ4v) is 4.35. The van der Waals surface area contributed by atoms with E-state index in [-0.39, 0.29) is 24.9 Å². The Balaban J connectivity index is 1.49. The summed E-state index contributed by atoms with van der Waals surface area (Å²) in [6, 6.07) is 8.87. The van der Waals surface area contributed by atoms with Gasteiger partial charge in [-0.2, -0.15) is 0 Å². The van der Waals surface area contributed by atoms with Crippen LogP contribution in [0.4, 0.5) is 5.95 Å². The average molecular weight is 406 g/mol. The first-order valence-electron chi connectivity index (χ1n) is 8.88. The fraction of sp³-hybridized carbons (Fsp3) is 0.444. The first-order valence-corrected chi connectivity index (χ1v) is 10.8. The number of hydrogen-bond donors (Lipinski definition) is 2. The SMILES string of the molecule is COc1ccccc1-c1ccnc(N[C@@H]2CO[C@@H]3[C@@H]2OC[C@@H]3NS(C)(=O)=O)n1. The van der Waals surface area contributed by atoms with Crippen LogP contribution in [0.1, 0.15) is 0 Å². The molecule has 2 aliphatic heterocycles. The molecule has 0 radical (unpaired) electrons. The zero-order chi connectivity index (χ0) is 19.7. The minimum atomic E-state index is -3.33. The standard InChI is InChI=1S/C18H22N4O5S/c1-25-15-6-4-3-5-11(15)12-7-8-19-18(20-12)21-13-9-26-17-14(10-27-16(13)17)22-28(2,23)24/h3-8,13-14,16-17,22H,9-10H2,1-2H3,(H,19,20,21)/t13-,14+,16-,17+/m1/s1. The minimum absolute atomic E-state index is 0.177. The molecule has 4 atom stereocenters. The van der Waals surface area contributed by atoms with Gasteiger partial charge in [-0.05, 0) is 18.2 Å². The molecule has 10 heteroatoms. The lowest BCUT2D eigenvalue weighted by atomic mass is 10.1. The Morgan fingerprint density at radius 3 is 2.57 bits per heavy atom. The smallest absolute Gasteiger partial charge is 0.223 e. The largest absolute Gasteiger partial charge is 0.496 e. The van der Waals surface area contributed by atoms with E-state index < -0.39 is 16.1 Å². The summed E-state index contributed by atoms with van der Waals surface area (Å²) in [7, 11) is -1.71. The third kappa shape index (κ3) is 3.95. The van der Waals surface area contributed by atoms with Crippen molar-refractivity contribution in [2.24, 2.45) is 0 Å². The lowest BCUT2D eigenvalue weighted by Crippen LogP contribution is -2.44. The molecule has 1 aromatic carbocycles. The molecule has 1 aromatic heterocycles. The topological polar surface area (TPSA) is 112 Å². The summed E-state index contributed by atoms with van der Waals surface area (Å²) in [6.45, 7) is 0.641. The highest BCUT2D eigenvalue weighted by atomic mass is 32.2. The van der Waals surface area contributed by atoms with Crippen molar-refractivity contribution >= 4 is 16.0 Å². The zero-order valence-corrected chi connectivity index (χ0v) is 16.3. The Morgan fingerprint density at radius 1 is 1.11 bits per heavy atom. The molecule has 0 aliphatic carbocycles. The molecule has 0 spiro atoms. The van der Waals surface area contributed by atoms with Crippen molar-refractivity contribution in [3.05, 3.63) is 36.5 Å². The van der Waals surface area contributed by atoms with Gasteiger partial charge in [-0.25, -0.2) is 23.1 Å². The van der Waals surface area contributed by atoms with E-state index in [4.69, 9.17) is 14.2 Å². The number of sulfonamides is 1. The number of fused-ring (bicyclic) bond motifs is 1. The molecule has 0 saturated carbocycles. The van der Waals surface area contributed by atoms with Crippen molar-refractivity contribution in [1.29, 1.82) is 0 Å². The van der Waals surface area contributed by atoms with E-state index >= 15 is 0 Å². The molecule has 2 aliphatic rings. The van der Waals surface area contributed by atoms with Crippen molar-refractivity contribution in [3.8, 4) is 17.0 Å². The maximum atomic E-state index is 11.5. The quantitative estimate of drug-likeness (QED) is 0.719. The monoisotopic (exact) mass is 406 g/mol. The van der Waals surface area contributed by atoms with Crippen LogP contribution in [-0.2, 0) is 19.5 Å². The molecule has 0 unspecified atom stereocenters. The Bertz CT molecular complexity index is 954. The van der Waals surface area contributed by atoms with Gasteiger partial charge < -0.3 is 19.5 Å². The third-order valence-corrected chi connectivity index (χ3v) is 5.50. The Morgan fingerprint density at radius 2 is 1.82 bits per heavy atom. The van der Waals surface area contributed by atoms with Gasteiger partial charge in [-0.15, -0.1) is 0 Å². The van der Waals surface area contributed by atoms with Gasteiger partial charge in [-0.3, -0.25) is 0 Å². The van der Waals surface area contributed by atoms with E-state index in [0.29, 0.717) is 12.6 Å². The van der Waals surface area contributed by atoms with Gasteiger partial charge in [0.15, 0.2) is 0 Å². The number of anilines is 1. The molecule has 4 rings (SSSR count). The van der Waals surface area contributed by atoms with Crippen molar-refractivity contribution in [2.75, 3.05) is 31.9 Å². The highest BCUT2D eigenvalue weighted by Gasteiger charge is 2.48. The highest BCUT2D eigenvalue weighted by molar-refractivity contribution is 7.88. The van der Waals surface area contributed by atoms with Gasteiger partial charge in [0, 0.05) is 11.8 Å². The molecule has 2 N–H and O–H groups in total. The minimum Gasteiger partial charge on any atom is -0.496 e. The number of nitrogens with zero attached hydrogens (tertiary/aromatic N) is 2. The van der Waals surface area contributed by atoms with Gasteiger partial charge >= 0.3 is 0 Å². The summed E-state index contributed by atoms with van der Waals surface area (Å²) < 4.78 is 42.5. The molecule has 3 heterocycles. The van der Waals surface area contributed by atoms with Crippen LogP contribution in [0.2, 0.25) is 0 Å². The van der Waals surface area contributed by atoms with E-state index in [2.05, 4.69) is 20.0 Å². The zero-order valence-electron chi connectivity index (χ0n) is 15.5. The van der Waals surface area contributed by atoms with Crippen LogP contribution in [0.15, 0.2) is 36.5 Å². The molecular formula is C18H22N4O5S. The molecule has 2 fully saturated rings. The number of rotatable bonds is 6. The third-order valence-electron chi connectivity index (χ3n) is 4.77. The van der Waals surface area contributed by atoms with Crippen LogP contribution >= 0.6 is 0 Å². The first-order chi connectivity index (χ1) is 13.4. The molecule has 28 heavy (non-hydrogen) atoms. The number of para-hydroxylation sites is 1. The summed E-state index contributed by atoms with van der Waals surface area (Å²) in [4.78, 5) is 8.87. The number of benzene rings is 1. The lowest BCUT2D eigenvalue weighted by molar-refractivity contribution is 0.0690. The summed E-state index contributed by atoms with van der Waals surface area (Å²) in [5.41, 5.74) is 1.60. The fourth-order valence-electron chi connectivity index (χ4n) is 3.60. The van der Waals surface area contributed by atoms with E-state index in [1.165, 1.54) is 0 Å². The first kappa shape index (κ1) is 19.1. The molecular weight excluding hydrogens is 384 g/mol. The maximum absolute atomic E-state index is 11.5. The molecule has 2 aromatic rings. The molecule has 9 nitrogen and oxygen atoms in total. The van der Waals surface area contributed by atoms with Crippen LogP contribution in [0.25, 0.3) is 11.3 Å². The molecule has 2 saturated heterocycles. The van der Waals surface area contributed by atoms with Crippen molar-refractivity contribution in [3.63, 3.8) is 0 Å². The van der Waals surface area contributed by atoms with Gasteiger partial charge in [0.05, 0.1) is 44.4 Å². The van der Waals surface area contributed by atoms with Crippen LogP contribution in [0, 0.1) is 0 Å². The van der Waals surface area contributed by atoms with Crippen LogP contribution in [-0.4, -0.2) is 69.3 Å². The number of ether oxygens (including phenoxy) is 3. The summed E-state index contributed by atoms with van der Waals surface area (Å²) >= 11 is 0. The van der Waals surface area contributed by atoms with Crippen LogP contribution < -0.4 is 14.8 Å². The molecule has 150 valence electrons. The van der Waals surface area contributed by atoms with Gasteiger partial charge in [0.1, 0.15) is 18.0 Å². The van der Waals surface area contributed by atoms with Crippen LogP contribution in [0.5, 0.6) is 5.75 Å². The average Bonchev–Trinajstić information content (AvgIpc) is 3.24. The summed E-state index contributed by atoms with van der Waals surface area (Å²) in [6.07, 6.45) is 2.18. The van der Waals surface area contributed by atoms with Crippen LogP contribution in [0.3, 0.4) is 0 Å². The lowest BCUT2D eigenvalue weighted by Gasteiger charge is -2.18. The number of hydrogen-bond acceptors (Lipinski definition) is 8. The predicted octanol–water partition coefficient (Wildman–Crippen LogP) is 0.648. The maximum Gasteiger partial charge on any atom is 0.223 e. The Kier molecular flexibility index (Phi) is 5.19. The van der Waals surface area contributed by atoms with E-state index in [1.54, 1.807) is 13.3 Å². The normalized spacial score (nSPS) is 26.8. The van der Waals surface area contributed by atoms with Crippen molar-refractivity contribution in [2.45, 2.75) is 24.3 Å². The van der Waals surface area contributed by atoms with E-state index in [1.807, 2.05) is 30.3 Å². The van der Waals surface area contributed by atoms with E-state index in [0.717, 1.165) is 23.3 Å². The van der Waals surface area contributed by atoms with Crippen molar-refractivity contribution < 1.29 is 22.6 Å².